The lowest BCUT2D eigenvalue weighted by atomic mass is 9.44. The van der Waals surface area contributed by atoms with Crippen molar-refractivity contribution in [2.24, 2.45) is 45.4 Å². The molecule has 0 aromatic rings. The van der Waals surface area contributed by atoms with E-state index in [0.29, 0.717) is 37.0 Å². The first-order valence-electron chi connectivity index (χ1n) is 10.8. The smallest absolute Gasteiger partial charge is 0.269 e. The molecule has 0 bridgehead atoms. The lowest BCUT2D eigenvalue weighted by Crippen LogP contribution is -2.53. The van der Waals surface area contributed by atoms with Gasteiger partial charge in [-0.05, 0) is 91.4 Å². The van der Waals surface area contributed by atoms with Crippen LogP contribution in [0.1, 0.15) is 71.6 Å². The van der Waals surface area contributed by atoms with Gasteiger partial charge >= 0.3 is 0 Å². The third-order valence-corrected chi connectivity index (χ3v) is 8.78. The van der Waals surface area contributed by atoms with Crippen molar-refractivity contribution < 1.29 is 13.6 Å². The molecule has 0 radical (unpaired) electrons. The second-order valence-corrected chi connectivity index (χ2v) is 10.00. The maximum absolute atomic E-state index is 14.1. The summed E-state index contributed by atoms with van der Waals surface area (Å²) in [6.45, 7) is 5.61. The lowest BCUT2D eigenvalue weighted by molar-refractivity contribution is -0.0677. The molecule has 0 aliphatic heterocycles. The molecule has 0 unspecified atom stereocenters. The maximum Gasteiger partial charge on any atom is 0.269 e. The van der Waals surface area contributed by atoms with Crippen molar-refractivity contribution >= 4 is 5.71 Å². The molecule has 0 aromatic heterocycles. The molecule has 4 saturated carbocycles. The van der Waals surface area contributed by atoms with E-state index in [2.05, 4.69) is 19.0 Å². The molecule has 6 atom stereocenters. The Bertz CT molecular complexity index is 644. The highest BCUT2D eigenvalue weighted by Gasteiger charge is 2.59. The van der Waals surface area contributed by atoms with Gasteiger partial charge in [-0.1, -0.05) is 25.4 Å². The van der Waals surface area contributed by atoms with Crippen LogP contribution in [0.4, 0.5) is 8.78 Å². The van der Waals surface area contributed by atoms with Gasteiger partial charge in [0.05, 0.1) is 5.71 Å². The van der Waals surface area contributed by atoms with Crippen molar-refractivity contribution in [3.8, 4) is 0 Å². The van der Waals surface area contributed by atoms with Gasteiger partial charge in [0, 0.05) is 6.54 Å². The van der Waals surface area contributed by atoms with E-state index in [-0.39, 0.29) is 22.7 Å². The predicted molar refractivity (Wildman–Crippen MR) is 103 cm³/mol. The Hall–Kier alpha value is -0.970. The molecule has 0 spiro atoms. The summed E-state index contributed by atoms with van der Waals surface area (Å²) in [6.07, 6.45) is 7.81. The van der Waals surface area contributed by atoms with Gasteiger partial charge in [0.15, 0.2) is 0 Å². The molecule has 2 N–H and O–H groups in total. The fourth-order valence-electron chi connectivity index (χ4n) is 7.26. The van der Waals surface area contributed by atoms with Crippen LogP contribution in [0.5, 0.6) is 0 Å². The average Bonchev–Trinajstić information content (AvgIpc) is 3.03. The molecular weight excluding hydrogens is 346 g/mol. The Kier molecular flexibility index (Phi) is 5.11. The zero-order chi connectivity index (χ0) is 19.2. The van der Waals surface area contributed by atoms with Gasteiger partial charge in [0.1, 0.15) is 6.61 Å². The van der Waals surface area contributed by atoms with Crippen molar-refractivity contribution in [3.63, 3.8) is 0 Å². The van der Waals surface area contributed by atoms with Gasteiger partial charge in [0.2, 0.25) is 0 Å². The molecule has 5 heteroatoms. The highest BCUT2D eigenvalue weighted by atomic mass is 19.3. The number of rotatable bonds is 3. The Morgan fingerprint density at radius 2 is 1.96 bits per heavy atom. The fourth-order valence-corrected chi connectivity index (χ4v) is 7.26. The van der Waals surface area contributed by atoms with Crippen LogP contribution in [0.2, 0.25) is 0 Å². The van der Waals surface area contributed by atoms with Crippen molar-refractivity contribution in [2.45, 2.75) is 71.6 Å². The zero-order valence-electron chi connectivity index (χ0n) is 16.8. The van der Waals surface area contributed by atoms with E-state index >= 15 is 0 Å². The summed E-state index contributed by atoms with van der Waals surface area (Å²) < 4.78 is 28.2. The van der Waals surface area contributed by atoms with Gasteiger partial charge in [-0.2, -0.15) is 8.78 Å². The Morgan fingerprint density at radius 3 is 2.70 bits per heavy atom. The standard InChI is InChI=1S/C22H34F2N2O/c1-21-7-3-4-17(21)19-16(20(23)24)13-14-12-15(26-27-11-10-25)5-9-22(14,2)18(19)6-8-21/h14,17-19H,3-13,25H2,1-2H3/t14-,17+,18+,19+,21+,22+/m1/s1. The normalized spacial score (nSPS) is 45.2. The van der Waals surface area contributed by atoms with E-state index in [1.165, 1.54) is 19.3 Å². The molecule has 0 amide bonds. The lowest BCUT2D eigenvalue weighted by Gasteiger charge is -2.60. The summed E-state index contributed by atoms with van der Waals surface area (Å²) in [5, 5.41) is 4.27. The molecule has 4 rings (SSSR count). The summed E-state index contributed by atoms with van der Waals surface area (Å²) >= 11 is 0. The second kappa shape index (κ2) is 7.13. The minimum atomic E-state index is -1.40. The van der Waals surface area contributed by atoms with E-state index in [1.54, 1.807) is 0 Å². The van der Waals surface area contributed by atoms with Gasteiger partial charge in [-0.15, -0.1) is 0 Å². The molecule has 4 fully saturated rings. The number of halogens is 2. The topological polar surface area (TPSA) is 47.6 Å². The molecular formula is C22H34F2N2O. The summed E-state index contributed by atoms with van der Waals surface area (Å²) in [4.78, 5) is 5.29. The van der Waals surface area contributed by atoms with Crippen molar-refractivity contribution in [1.82, 2.24) is 0 Å². The number of hydrogen-bond acceptors (Lipinski definition) is 3. The summed E-state index contributed by atoms with van der Waals surface area (Å²) in [5.74, 6) is 1.21. The zero-order valence-corrected chi connectivity index (χ0v) is 16.8. The van der Waals surface area contributed by atoms with Crippen LogP contribution in [-0.2, 0) is 4.84 Å². The third-order valence-electron chi connectivity index (χ3n) is 8.78. The minimum Gasteiger partial charge on any atom is -0.395 e. The Labute approximate surface area is 161 Å². The van der Waals surface area contributed by atoms with E-state index in [0.717, 1.165) is 37.8 Å². The van der Waals surface area contributed by atoms with Crippen molar-refractivity contribution in [2.75, 3.05) is 13.2 Å². The monoisotopic (exact) mass is 380 g/mol. The van der Waals surface area contributed by atoms with E-state index in [1.807, 2.05) is 0 Å². The summed E-state index contributed by atoms with van der Waals surface area (Å²) in [7, 11) is 0. The second-order valence-electron chi connectivity index (χ2n) is 10.00. The highest BCUT2D eigenvalue weighted by molar-refractivity contribution is 5.85. The maximum atomic E-state index is 14.1. The molecule has 0 heterocycles. The minimum absolute atomic E-state index is 0.101. The molecule has 0 aromatic carbocycles. The summed E-state index contributed by atoms with van der Waals surface area (Å²) in [6, 6.07) is 0. The highest BCUT2D eigenvalue weighted by Crippen LogP contribution is 2.67. The third kappa shape index (κ3) is 3.14. The largest absolute Gasteiger partial charge is 0.395 e. The number of allylic oxidation sites excluding steroid dienone is 1. The molecule has 0 saturated heterocycles. The van der Waals surface area contributed by atoms with E-state index in [9.17, 15) is 8.78 Å². The van der Waals surface area contributed by atoms with Crippen LogP contribution < -0.4 is 5.73 Å². The quantitative estimate of drug-likeness (QED) is 0.518. The SMILES string of the molecule is C[C@@]12CCC[C@H]1[C@@H]1C(=C(F)F)C[C@H]3CC(=NOCCN)CC[C@]3(C)[C@H]1CC2. The number of hydrogen-bond donors (Lipinski definition) is 1. The molecule has 27 heavy (non-hydrogen) atoms. The molecule has 4 aliphatic rings. The van der Waals surface area contributed by atoms with Crippen LogP contribution >= 0.6 is 0 Å². The van der Waals surface area contributed by atoms with Gasteiger partial charge < -0.3 is 10.6 Å². The Balaban J connectivity index is 1.63. The average molecular weight is 381 g/mol. The van der Waals surface area contributed by atoms with Crippen LogP contribution in [0.15, 0.2) is 16.8 Å². The molecule has 4 aliphatic carbocycles. The molecule has 152 valence electrons. The molecule has 3 nitrogen and oxygen atoms in total. The number of nitrogens with two attached hydrogens (primary N) is 1. The number of oxime groups is 1. The van der Waals surface area contributed by atoms with Crippen molar-refractivity contribution in [1.29, 1.82) is 0 Å². The fraction of sp³-hybridized carbons (Fsp3) is 0.864. The van der Waals surface area contributed by atoms with Gasteiger partial charge in [0.25, 0.3) is 6.08 Å². The van der Waals surface area contributed by atoms with Crippen LogP contribution in [-0.4, -0.2) is 18.9 Å². The number of nitrogens with zero attached hydrogens (tertiary/aromatic N) is 1. The first-order valence-corrected chi connectivity index (χ1v) is 10.8. The van der Waals surface area contributed by atoms with Crippen molar-refractivity contribution in [3.05, 3.63) is 11.7 Å². The van der Waals surface area contributed by atoms with Gasteiger partial charge in [-0.3, -0.25) is 0 Å². The first kappa shape index (κ1) is 19.4. The van der Waals surface area contributed by atoms with E-state index < -0.39 is 6.08 Å². The van der Waals surface area contributed by atoms with Crippen LogP contribution in [0, 0.1) is 34.5 Å². The van der Waals surface area contributed by atoms with E-state index in [4.69, 9.17) is 10.6 Å². The first-order chi connectivity index (χ1) is 12.9. The van der Waals surface area contributed by atoms with Crippen LogP contribution in [0.25, 0.3) is 0 Å². The van der Waals surface area contributed by atoms with Gasteiger partial charge in [-0.25, -0.2) is 0 Å². The Morgan fingerprint density at radius 1 is 1.15 bits per heavy atom. The van der Waals surface area contributed by atoms with Crippen LogP contribution in [0.3, 0.4) is 0 Å². The predicted octanol–water partition coefficient (Wildman–Crippen LogP) is 5.51. The number of fused-ring (bicyclic) bond motifs is 5. The summed E-state index contributed by atoms with van der Waals surface area (Å²) in [5.41, 5.74) is 7.42.